The monoisotopic (exact) mass is 446 g/mol. The first-order valence-corrected chi connectivity index (χ1v) is 11.8. The summed E-state index contributed by atoms with van der Waals surface area (Å²) < 4.78 is 0. The van der Waals surface area contributed by atoms with Crippen molar-refractivity contribution in [2.75, 3.05) is 56.9 Å². The molecule has 174 valence electrons. The van der Waals surface area contributed by atoms with Gasteiger partial charge in [-0.1, -0.05) is 12.1 Å². The topological polar surface area (TPSA) is 73.4 Å². The molecule has 0 bridgehead atoms. The van der Waals surface area contributed by atoms with E-state index in [-0.39, 0.29) is 0 Å². The van der Waals surface area contributed by atoms with Gasteiger partial charge in [0.05, 0.1) is 12.1 Å². The number of hydrogen-bond acceptors (Lipinski definition) is 7. The third-order valence-corrected chi connectivity index (χ3v) is 6.22. The molecule has 1 aromatic heterocycles. The Kier molecular flexibility index (Phi) is 7.86. The maximum atomic E-state index is 10.3. The first-order valence-electron chi connectivity index (χ1n) is 11.8. The van der Waals surface area contributed by atoms with Gasteiger partial charge in [0.1, 0.15) is 18.4 Å². The molecule has 1 aliphatic carbocycles. The van der Waals surface area contributed by atoms with E-state index < -0.39 is 0 Å². The summed E-state index contributed by atoms with van der Waals surface area (Å²) in [5, 5.41) is 7.50. The Labute approximate surface area is 196 Å². The summed E-state index contributed by atoms with van der Waals surface area (Å²) in [5.41, 5.74) is 4.21. The highest BCUT2D eigenvalue weighted by atomic mass is 16.1. The fraction of sp³-hybridized carbons (Fsp3) is 0.423. The molecule has 0 unspecified atom stereocenters. The number of carbonyl (C=O) groups is 1. The second-order valence-corrected chi connectivity index (χ2v) is 8.91. The molecule has 1 saturated carbocycles. The van der Waals surface area contributed by atoms with Crippen molar-refractivity contribution in [3.63, 3.8) is 0 Å². The van der Waals surface area contributed by atoms with Crippen LogP contribution in [0.25, 0.3) is 10.9 Å². The molecular weight excluding hydrogens is 412 g/mol. The minimum Gasteiger partial charge on any atom is -0.388 e. The zero-order chi connectivity index (χ0) is 23.0. The average molecular weight is 447 g/mol. The summed E-state index contributed by atoms with van der Waals surface area (Å²) in [5.74, 6) is 1.82. The van der Waals surface area contributed by atoms with E-state index in [9.17, 15) is 4.79 Å². The van der Waals surface area contributed by atoms with Crippen molar-refractivity contribution in [2.24, 2.45) is 5.92 Å². The lowest BCUT2D eigenvalue weighted by Crippen LogP contribution is -2.47. The summed E-state index contributed by atoms with van der Waals surface area (Å²) in [7, 11) is 1.90. The highest BCUT2D eigenvalue weighted by Crippen LogP contribution is 2.30. The van der Waals surface area contributed by atoms with E-state index in [4.69, 9.17) is 0 Å². The minimum atomic E-state index is 0.622. The number of rotatable bonds is 7. The van der Waals surface area contributed by atoms with Gasteiger partial charge in [0, 0.05) is 56.5 Å². The molecule has 0 radical (unpaired) electrons. The van der Waals surface area contributed by atoms with E-state index in [0.29, 0.717) is 6.54 Å². The van der Waals surface area contributed by atoms with Gasteiger partial charge in [0.2, 0.25) is 0 Å². The molecule has 7 nitrogen and oxygen atoms in total. The molecular formula is C26H34N6O. The quantitative estimate of drug-likeness (QED) is 0.533. The SMILES string of the molecule is CNc1ccc2ncnc(Nc3cccc(C)c3)c2c1.O=CCN1CCN(CC2CC2)CC1. The molecule has 5 rings (SSSR count). The zero-order valence-corrected chi connectivity index (χ0v) is 19.6. The predicted molar refractivity (Wildman–Crippen MR) is 135 cm³/mol. The zero-order valence-electron chi connectivity index (χ0n) is 19.6. The van der Waals surface area contributed by atoms with Gasteiger partial charge < -0.3 is 20.3 Å². The molecule has 1 aliphatic heterocycles. The number of nitrogens with zero attached hydrogens (tertiary/aromatic N) is 4. The van der Waals surface area contributed by atoms with Crippen LogP contribution in [-0.4, -0.2) is 72.4 Å². The molecule has 2 aliphatic rings. The maximum Gasteiger partial charge on any atom is 0.141 e. The Morgan fingerprint density at radius 3 is 2.48 bits per heavy atom. The third-order valence-electron chi connectivity index (χ3n) is 6.22. The lowest BCUT2D eigenvalue weighted by Gasteiger charge is -2.33. The molecule has 33 heavy (non-hydrogen) atoms. The van der Waals surface area contributed by atoms with E-state index in [1.165, 1.54) is 24.9 Å². The number of piperazine rings is 1. The Morgan fingerprint density at radius 2 is 1.79 bits per heavy atom. The van der Waals surface area contributed by atoms with Crippen LogP contribution in [0.3, 0.4) is 0 Å². The van der Waals surface area contributed by atoms with Gasteiger partial charge in [0.15, 0.2) is 0 Å². The summed E-state index contributed by atoms with van der Waals surface area (Å²) in [6.07, 6.45) is 5.47. The van der Waals surface area contributed by atoms with Crippen molar-refractivity contribution in [1.29, 1.82) is 0 Å². The van der Waals surface area contributed by atoms with Crippen LogP contribution in [0.5, 0.6) is 0 Å². The minimum absolute atomic E-state index is 0.622. The smallest absolute Gasteiger partial charge is 0.141 e. The van der Waals surface area contributed by atoms with Crippen molar-refractivity contribution in [2.45, 2.75) is 19.8 Å². The number of aldehydes is 1. The molecule has 2 fully saturated rings. The van der Waals surface area contributed by atoms with E-state index in [0.717, 1.165) is 66.5 Å². The summed E-state index contributed by atoms with van der Waals surface area (Å²) in [6.45, 7) is 8.46. The fourth-order valence-corrected chi connectivity index (χ4v) is 4.10. The highest BCUT2D eigenvalue weighted by molar-refractivity contribution is 5.92. The number of benzene rings is 2. The van der Waals surface area contributed by atoms with Gasteiger partial charge in [-0.3, -0.25) is 4.90 Å². The second-order valence-electron chi connectivity index (χ2n) is 8.91. The molecule has 0 spiro atoms. The van der Waals surface area contributed by atoms with Crippen molar-refractivity contribution >= 4 is 34.4 Å². The van der Waals surface area contributed by atoms with Crippen LogP contribution in [0.4, 0.5) is 17.2 Å². The third kappa shape index (κ3) is 6.73. The predicted octanol–water partition coefficient (Wildman–Crippen LogP) is 3.94. The average Bonchev–Trinajstić information content (AvgIpc) is 3.65. The lowest BCUT2D eigenvalue weighted by molar-refractivity contribution is -0.109. The second kappa shape index (κ2) is 11.2. The number of nitrogens with one attached hydrogen (secondary N) is 2. The van der Waals surface area contributed by atoms with Crippen molar-refractivity contribution in [3.8, 4) is 0 Å². The fourth-order valence-electron chi connectivity index (χ4n) is 4.10. The van der Waals surface area contributed by atoms with Crippen molar-refractivity contribution in [1.82, 2.24) is 19.8 Å². The Hall–Kier alpha value is -3.03. The van der Waals surface area contributed by atoms with Crippen LogP contribution in [0, 0.1) is 12.8 Å². The standard InChI is InChI=1S/C16H16N4.C10H18N2O/c1-11-4-3-5-13(8-11)20-16-14-9-12(17-2)6-7-15(14)18-10-19-16;13-8-7-11-3-5-12(6-4-11)9-10-1-2-10/h3-10,17H,1-2H3,(H,18,19,20);8,10H,1-7,9H2. The summed E-state index contributed by atoms with van der Waals surface area (Å²) >= 11 is 0. The summed E-state index contributed by atoms with van der Waals surface area (Å²) in [4.78, 5) is 23.7. The van der Waals surface area contributed by atoms with Crippen LogP contribution < -0.4 is 10.6 Å². The Bertz CT molecular complexity index is 1060. The van der Waals surface area contributed by atoms with Crippen LogP contribution in [0.2, 0.25) is 0 Å². The van der Waals surface area contributed by atoms with Crippen LogP contribution in [-0.2, 0) is 4.79 Å². The van der Waals surface area contributed by atoms with Crippen molar-refractivity contribution < 1.29 is 4.79 Å². The van der Waals surface area contributed by atoms with Crippen molar-refractivity contribution in [3.05, 3.63) is 54.4 Å². The Morgan fingerprint density at radius 1 is 1.00 bits per heavy atom. The molecule has 7 heteroatoms. The van der Waals surface area contributed by atoms with E-state index in [2.05, 4.69) is 49.5 Å². The molecule has 0 amide bonds. The maximum absolute atomic E-state index is 10.3. The van der Waals surface area contributed by atoms with E-state index in [1.54, 1.807) is 6.33 Å². The van der Waals surface area contributed by atoms with Gasteiger partial charge in [-0.15, -0.1) is 0 Å². The van der Waals surface area contributed by atoms with Gasteiger partial charge in [-0.2, -0.15) is 0 Å². The van der Waals surface area contributed by atoms with E-state index in [1.807, 2.05) is 37.4 Å². The van der Waals surface area contributed by atoms with Gasteiger partial charge >= 0.3 is 0 Å². The number of carbonyl (C=O) groups excluding carboxylic acids is 1. The van der Waals surface area contributed by atoms with Gasteiger partial charge in [-0.25, -0.2) is 9.97 Å². The molecule has 3 aromatic rings. The van der Waals surface area contributed by atoms with Gasteiger partial charge in [-0.05, 0) is 61.6 Å². The first-order chi connectivity index (χ1) is 16.1. The molecule has 1 saturated heterocycles. The van der Waals surface area contributed by atoms with Gasteiger partial charge in [0.25, 0.3) is 0 Å². The molecule has 0 atom stereocenters. The van der Waals surface area contributed by atoms with E-state index >= 15 is 0 Å². The molecule has 2 N–H and O–H groups in total. The first kappa shape index (κ1) is 23.1. The number of hydrogen-bond donors (Lipinski definition) is 2. The molecule has 2 heterocycles. The number of aryl methyl sites for hydroxylation is 1. The summed E-state index contributed by atoms with van der Waals surface area (Å²) in [6, 6.07) is 14.3. The number of aromatic nitrogens is 2. The van der Waals surface area contributed by atoms with Crippen LogP contribution in [0.1, 0.15) is 18.4 Å². The normalized spacial score (nSPS) is 16.7. The Balaban J connectivity index is 0.000000172. The largest absolute Gasteiger partial charge is 0.388 e. The highest BCUT2D eigenvalue weighted by Gasteiger charge is 2.26. The number of anilines is 3. The lowest BCUT2D eigenvalue weighted by atomic mass is 10.2. The number of fused-ring (bicyclic) bond motifs is 1. The molecule has 2 aromatic carbocycles. The van der Waals surface area contributed by atoms with Crippen LogP contribution in [0.15, 0.2) is 48.8 Å². The van der Waals surface area contributed by atoms with Crippen LogP contribution >= 0.6 is 0 Å².